The maximum absolute atomic E-state index is 15.3. The molecule has 11 heteroatoms. The molecule has 3 heterocycles. The van der Waals surface area contributed by atoms with Crippen LogP contribution in [0.4, 0.5) is 28.9 Å². The van der Waals surface area contributed by atoms with Crippen LogP contribution in [0.3, 0.4) is 0 Å². The van der Waals surface area contributed by atoms with Gasteiger partial charge in [0, 0.05) is 26.2 Å². The van der Waals surface area contributed by atoms with Crippen molar-refractivity contribution in [3.8, 4) is 5.75 Å². The number of morpholine rings is 1. The normalized spacial score (nSPS) is 17.9. The Hall–Kier alpha value is -3.99. The van der Waals surface area contributed by atoms with Crippen molar-refractivity contribution in [3.63, 3.8) is 0 Å². The lowest BCUT2D eigenvalue weighted by molar-refractivity contribution is -0.138. The quantitative estimate of drug-likeness (QED) is 0.295. The number of fused-ring (bicyclic) bond motifs is 1. The second-order valence-electron chi connectivity index (χ2n) is 10.3. The Morgan fingerprint density at radius 1 is 0.951 bits per heavy atom. The van der Waals surface area contributed by atoms with Crippen molar-refractivity contribution in [1.29, 1.82) is 0 Å². The van der Waals surface area contributed by atoms with Crippen LogP contribution in [0.1, 0.15) is 23.6 Å². The van der Waals surface area contributed by atoms with Gasteiger partial charge in [-0.05, 0) is 42.3 Å². The first-order chi connectivity index (χ1) is 19.8. The zero-order valence-electron chi connectivity index (χ0n) is 22.5. The average molecular weight is 571 g/mol. The summed E-state index contributed by atoms with van der Waals surface area (Å²) < 4.78 is 70.7. The molecule has 0 spiro atoms. The Balaban J connectivity index is 1.40. The Kier molecular flexibility index (Phi) is 7.14. The molecule has 7 nitrogen and oxygen atoms in total. The topological polar surface area (TPSA) is 51.9 Å². The molecule has 6 rings (SSSR count). The van der Waals surface area contributed by atoms with Crippen LogP contribution < -0.4 is 20.2 Å². The molecule has 2 aliphatic heterocycles. The molecule has 2 aliphatic rings. The van der Waals surface area contributed by atoms with Crippen LogP contribution in [0, 0.1) is 5.82 Å². The lowest BCUT2D eigenvalue weighted by Crippen LogP contribution is -2.37. The smallest absolute Gasteiger partial charge is 0.416 e. The van der Waals surface area contributed by atoms with Gasteiger partial charge >= 0.3 is 11.9 Å². The largest absolute Gasteiger partial charge is 0.494 e. The number of hydrogen-bond donors (Lipinski definition) is 0. The lowest BCUT2D eigenvalue weighted by atomic mass is 10.1. The van der Waals surface area contributed by atoms with E-state index in [0.29, 0.717) is 68.3 Å². The fraction of sp³-hybridized carbons (Fsp3) is 0.367. The molecule has 2 saturated heterocycles. The van der Waals surface area contributed by atoms with Crippen molar-refractivity contribution in [2.45, 2.75) is 25.2 Å². The Labute approximate surface area is 234 Å². The van der Waals surface area contributed by atoms with Crippen LogP contribution in [0.2, 0.25) is 0 Å². The predicted octanol–water partition coefficient (Wildman–Crippen LogP) is 5.31. The highest BCUT2D eigenvalue weighted by molar-refractivity contribution is 5.83. The van der Waals surface area contributed by atoms with Crippen LogP contribution in [-0.2, 0) is 17.5 Å². The molecule has 0 bridgehead atoms. The highest BCUT2D eigenvalue weighted by Gasteiger charge is 2.35. The number of nitrogens with zero attached hydrogens (tertiary/aromatic N) is 4. The molecule has 0 aliphatic carbocycles. The molecule has 41 heavy (non-hydrogen) atoms. The summed E-state index contributed by atoms with van der Waals surface area (Å²) in [6.45, 7) is 3.04. The third-order valence-electron chi connectivity index (χ3n) is 7.98. The minimum absolute atomic E-state index is 0.0124. The summed E-state index contributed by atoms with van der Waals surface area (Å²) in [5.41, 5.74) is 1.03. The summed E-state index contributed by atoms with van der Waals surface area (Å²) >= 11 is 0. The van der Waals surface area contributed by atoms with E-state index in [1.807, 2.05) is 11.0 Å². The Morgan fingerprint density at radius 2 is 1.71 bits per heavy atom. The lowest BCUT2D eigenvalue weighted by Gasteiger charge is -2.33. The van der Waals surface area contributed by atoms with Crippen LogP contribution in [-0.4, -0.2) is 55.6 Å². The second-order valence-corrected chi connectivity index (χ2v) is 10.3. The molecule has 1 atom stereocenters. The molecular weight excluding hydrogens is 540 g/mol. The van der Waals surface area contributed by atoms with Crippen LogP contribution in [0.25, 0.3) is 11.0 Å². The number of methoxy groups -OCH3 is 1. The maximum Gasteiger partial charge on any atom is 0.416 e. The minimum Gasteiger partial charge on any atom is -0.494 e. The van der Waals surface area contributed by atoms with Gasteiger partial charge in [0.05, 0.1) is 55.4 Å². The molecule has 2 fully saturated rings. The Bertz CT molecular complexity index is 1620. The second kappa shape index (κ2) is 10.8. The number of anilines is 2. The molecule has 0 saturated carbocycles. The van der Waals surface area contributed by atoms with Gasteiger partial charge in [-0.2, -0.15) is 13.2 Å². The van der Waals surface area contributed by atoms with Gasteiger partial charge in [-0.15, -0.1) is 0 Å². The number of hydrogen-bond acceptors (Lipinski definition) is 5. The number of para-hydroxylation sites is 2. The summed E-state index contributed by atoms with van der Waals surface area (Å²) in [5, 5.41) is 0. The van der Waals surface area contributed by atoms with Gasteiger partial charge < -0.3 is 19.3 Å². The van der Waals surface area contributed by atoms with Crippen LogP contribution in [0.15, 0.2) is 65.5 Å². The number of imidazole rings is 1. The summed E-state index contributed by atoms with van der Waals surface area (Å²) in [7, 11) is 1.47. The van der Waals surface area contributed by atoms with E-state index in [0.717, 1.165) is 11.8 Å². The van der Waals surface area contributed by atoms with Gasteiger partial charge in [0.2, 0.25) is 0 Å². The van der Waals surface area contributed by atoms with E-state index in [1.165, 1.54) is 35.9 Å². The molecule has 0 radical (unpaired) electrons. The first-order valence-electron chi connectivity index (χ1n) is 13.6. The maximum atomic E-state index is 15.3. The van der Waals surface area contributed by atoms with Gasteiger partial charge in [0.25, 0.3) is 0 Å². The molecule has 216 valence electrons. The van der Waals surface area contributed by atoms with E-state index in [2.05, 4.69) is 4.90 Å². The summed E-state index contributed by atoms with van der Waals surface area (Å²) in [5.74, 6) is 0.0521. The van der Waals surface area contributed by atoms with Gasteiger partial charge in [0.15, 0.2) is 0 Å². The monoisotopic (exact) mass is 570 g/mol. The number of ether oxygens (including phenoxy) is 2. The van der Waals surface area contributed by atoms with Gasteiger partial charge in [-0.1, -0.05) is 30.3 Å². The van der Waals surface area contributed by atoms with E-state index in [9.17, 15) is 18.0 Å². The van der Waals surface area contributed by atoms with Crippen molar-refractivity contribution in [2.24, 2.45) is 0 Å². The van der Waals surface area contributed by atoms with E-state index in [1.54, 1.807) is 28.8 Å². The number of benzene rings is 3. The zero-order valence-corrected chi connectivity index (χ0v) is 22.5. The molecule has 0 amide bonds. The van der Waals surface area contributed by atoms with Crippen molar-refractivity contribution >= 4 is 22.4 Å². The third-order valence-corrected chi connectivity index (χ3v) is 7.98. The minimum atomic E-state index is -4.56. The van der Waals surface area contributed by atoms with E-state index in [4.69, 9.17) is 9.47 Å². The van der Waals surface area contributed by atoms with Crippen LogP contribution in [0.5, 0.6) is 5.75 Å². The van der Waals surface area contributed by atoms with Crippen molar-refractivity contribution in [3.05, 3.63) is 88.1 Å². The molecule has 1 aromatic heterocycles. The number of halogens is 4. The molecule has 0 unspecified atom stereocenters. The number of aromatic nitrogens is 2. The summed E-state index contributed by atoms with van der Waals surface area (Å²) in [4.78, 5) is 18.1. The van der Waals surface area contributed by atoms with Gasteiger partial charge in [-0.25, -0.2) is 9.18 Å². The first-order valence-corrected chi connectivity index (χ1v) is 13.6. The highest BCUT2D eigenvalue weighted by atomic mass is 19.4. The summed E-state index contributed by atoms with van der Waals surface area (Å²) in [6.07, 6.45) is -4.00. The fourth-order valence-electron chi connectivity index (χ4n) is 6.11. The number of alkyl halides is 3. The van der Waals surface area contributed by atoms with Crippen molar-refractivity contribution < 1.29 is 27.0 Å². The zero-order chi connectivity index (χ0) is 28.7. The molecule has 3 aromatic carbocycles. The molecular formula is C30H30F4N4O3. The van der Waals surface area contributed by atoms with E-state index >= 15 is 4.39 Å². The number of rotatable bonds is 6. The SMILES string of the molecule is COc1cccc2c1n(Cc1ccccc1C(F)(F)F)c(=O)n2[C@@H]1CCN(c2c(F)cccc2N2CCOCC2)C1. The van der Waals surface area contributed by atoms with Crippen molar-refractivity contribution in [1.82, 2.24) is 9.13 Å². The van der Waals surface area contributed by atoms with Crippen molar-refractivity contribution in [2.75, 3.05) is 56.3 Å². The standard InChI is InChI=1S/C30H30F4N4O3/c1-40-26-11-5-10-25-28(26)37(18-20-6-2-3-7-22(20)30(32,33)34)29(39)38(25)21-12-13-36(19-21)27-23(31)8-4-9-24(27)35-14-16-41-17-15-35/h2-11,21H,12-19H2,1H3/t21-/m1/s1. The highest BCUT2D eigenvalue weighted by Crippen LogP contribution is 2.38. The van der Waals surface area contributed by atoms with E-state index in [-0.39, 0.29) is 24.0 Å². The van der Waals surface area contributed by atoms with Crippen LogP contribution >= 0.6 is 0 Å². The third kappa shape index (κ3) is 4.92. The van der Waals surface area contributed by atoms with E-state index < -0.39 is 17.4 Å². The van der Waals surface area contributed by atoms with Gasteiger partial charge in [0.1, 0.15) is 17.1 Å². The molecule has 4 aromatic rings. The molecule has 0 N–H and O–H groups in total. The van der Waals surface area contributed by atoms with Gasteiger partial charge in [-0.3, -0.25) is 9.13 Å². The fourth-order valence-corrected chi connectivity index (χ4v) is 6.11. The average Bonchev–Trinajstić information content (AvgIpc) is 3.55. The first kappa shape index (κ1) is 27.2. The Morgan fingerprint density at radius 3 is 2.46 bits per heavy atom. The summed E-state index contributed by atoms with van der Waals surface area (Å²) in [6, 6.07) is 15.2. The predicted molar refractivity (Wildman–Crippen MR) is 149 cm³/mol.